The molecule has 0 amide bonds. The first-order chi connectivity index (χ1) is 13.2. The molecule has 0 spiro atoms. The van der Waals surface area contributed by atoms with Crippen LogP contribution in [0.25, 0.3) is 22.4 Å². The molecular formula is C19H21F2N5O2. The van der Waals surface area contributed by atoms with Crippen LogP contribution in [0.5, 0.6) is 0 Å². The summed E-state index contributed by atoms with van der Waals surface area (Å²) < 4.78 is 35.6. The molecule has 1 atom stereocenters. The molecule has 28 heavy (non-hydrogen) atoms. The molecule has 1 aromatic carbocycles. The monoisotopic (exact) mass is 389 g/mol. The molecule has 3 heterocycles. The standard InChI is InChI=1S/C19H21F2N5O2/c1-19(2,3)28-18(27)26-5-4-10-6-12(20)15(16(21)11(10)9-26)17-22-7-14-13(24-17)8-23-25-14/h6-8,18,27H,4-5,9H2,1-3H3,(H,23,25). The van der Waals surface area contributed by atoms with Crippen molar-refractivity contribution in [3.8, 4) is 11.4 Å². The first-order valence-corrected chi connectivity index (χ1v) is 8.99. The molecule has 4 rings (SSSR count). The van der Waals surface area contributed by atoms with Crippen molar-refractivity contribution in [3.63, 3.8) is 0 Å². The van der Waals surface area contributed by atoms with Gasteiger partial charge in [0.2, 0.25) is 6.41 Å². The molecule has 1 aliphatic rings. The molecule has 1 unspecified atom stereocenters. The third-order valence-electron chi connectivity index (χ3n) is 4.63. The molecule has 2 aromatic heterocycles. The summed E-state index contributed by atoms with van der Waals surface area (Å²) in [5.74, 6) is -1.47. The molecule has 0 bridgehead atoms. The van der Waals surface area contributed by atoms with Crippen molar-refractivity contribution in [1.82, 2.24) is 25.1 Å². The Morgan fingerprint density at radius 1 is 1.29 bits per heavy atom. The van der Waals surface area contributed by atoms with Crippen molar-refractivity contribution in [1.29, 1.82) is 0 Å². The number of halogens is 2. The van der Waals surface area contributed by atoms with Gasteiger partial charge in [-0.1, -0.05) is 0 Å². The zero-order valence-corrected chi connectivity index (χ0v) is 15.8. The maximum atomic E-state index is 15.3. The van der Waals surface area contributed by atoms with Gasteiger partial charge < -0.3 is 9.84 Å². The van der Waals surface area contributed by atoms with E-state index >= 15 is 4.39 Å². The predicted octanol–water partition coefficient (Wildman–Crippen LogP) is 2.75. The highest BCUT2D eigenvalue weighted by molar-refractivity contribution is 5.75. The molecule has 7 nitrogen and oxygen atoms in total. The van der Waals surface area contributed by atoms with Crippen LogP contribution in [-0.2, 0) is 17.7 Å². The fraction of sp³-hybridized carbons (Fsp3) is 0.421. The average Bonchev–Trinajstić information content (AvgIpc) is 3.08. The number of aliphatic hydroxyl groups is 1. The number of H-pyrrole nitrogens is 1. The highest BCUT2D eigenvalue weighted by atomic mass is 19.1. The van der Waals surface area contributed by atoms with E-state index in [1.807, 2.05) is 20.8 Å². The minimum absolute atomic E-state index is 0.0460. The minimum Gasteiger partial charge on any atom is -0.356 e. The first kappa shape index (κ1) is 18.9. The van der Waals surface area contributed by atoms with E-state index in [1.165, 1.54) is 18.5 Å². The van der Waals surface area contributed by atoms with E-state index in [0.29, 0.717) is 35.1 Å². The second kappa shape index (κ2) is 6.84. The van der Waals surface area contributed by atoms with Crippen LogP contribution in [0.1, 0.15) is 31.9 Å². The van der Waals surface area contributed by atoms with E-state index < -0.39 is 23.6 Å². The van der Waals surface area contributed by atoms with E-state index in [2.05, 4.69) is 20.2 Å². The van der Waals surface area contributed by atoms with Crippen LogP contribution < -0.4 is 0 Å². The SMILES string of the molecule is CC(C)(C)OC(O)N1CCc2cc(F)c(-c3ncc4[nH]ncc4n3)c(F)c2C1. The molecule has 148 valence electrons. The van der Waals surface area contributed by atoms with Crippen molar-refractivity contribution < 1.29 is 18.6 Å². The van der Waals surface area contributed by atoms with Gasteiger partial charge in [-0.25, -0.2) is 18.7 Å². The highest BCUT2D eigenvalue weighted by Crippen LogP contribution is 2.32. The molecule has 1 aliphatic heterocycles. The van der Waals surface area contributed by atoms with Crippen molar-refractivity contribution >= 4 is 11.0 Å². The number of benzene rings is 1. The Labute approximate surface area is 160 Å². The van der Waals surface area contributed by atoms with Gasteiger partial charge in [-0.05, 0) is 38.8 Å². The zero-order valence-electron chi connectivity index (χ0n) is 15.8. The highest BCUT2D eigenvalue weighted by Gasteiger charge is 2.30. The number of aromatic amines is 1. The largest absolute Gasteiger partial charge is 0.356 e. The fourth-order valence-corrected chi connectivity index (χ4v) is 3.30. The Kier molecular flexibility index (Phi) is 4.60. The van der Waals surface area contributed by atoms with Crippen molar-refractivity contribution in [2.45, 2.75) is 45.8 Å². The van der Waals surface area contributed by atoms with Crippen LogP contribution in [0.3, 0.4) is 0 Å². The molecular weight excluding hydrogens is 368 g/mol. The number of aliphatic hydroxyl groups excluding tert-OH is 1. The van der Waals surface area contributed by atoms with Gasteiger partial charge in [0.25, 0.3) is 0 Å². The molecule has 0 radical (unpaired) electrons. The number of fused-ring (bicyclic) bond motifs is 2. The summed E-state index contributed by atoms with van der Waals surface area (Å²) >= 11 is 0. The quantitative estimate of drug-likeness (QED) is 0.670. The average molecular weight is 389 g/mol. The summed E-state index contributed by atoms with van der Waals surface area (Å²) in [6.07, 6.45) is 2.13. The summed E-state index contributed by atoms with van der Waals surface area (Å²) in [5, 5.41) is 16.9. The Morgan fingerprint density at radius 3 is 2.82 bits per heavy atom. The van der Waals surface area contributed by atoms with Crippen LogP contribution in [0.15, 0.2) is 18.5 Å². The number of rotatable bonds is 3. The van der Waals surface area contributed by atoms with Gasteiger partial charge in [0.15, 0.2) is 5.82 Å². The first-order valence-electron chi connectivity index (χ1n) is 8.99. The Balaban J connectivity index is 1.71. The van der Waals surface area contributed by atoms with Crippen LogP contribution in [0.2, 0.25) is 0 Å². The number of aromatic nitrogens is 4. The van der Waals surface area contributed by atoms with Crippen LogP contribution in [0.4, 0.5) is 8.78 Å². The third-order valence-corrected chi connectivity index (χ3v) is 4.63. The van der Waals surface area contributed by atoms with E-state index in [0.717, 1.165) is 0 Å². The Hall–Kier alpha value is -2.49. The molecule has 0 saturated heterocycles. The van der Waals surface area contributed by atoms with E-state index in [4.69, 9.17) is 4.74 Å². The van der Waals surface area contributed by atoms with E-state index in [1.54, 1.807) is 4.90 Å². The van der Waals surface area contributed by atoms with Gasteiger partial charge in [-0.2, -0.15) is 5.10 Å². The van der Waals surface area contributed by atoms with Gasteiger partial charge in [0.05, 0.1) is 23.6 Å². The van der Waals surface area contributed by atoms with Crippen molar-refractivity contribution in [2.75, 3.05) is 6.54 Å². The summed E-state index contributed by atoms with van der Waals surface area (Å²) in [4.78, 5) is 9.89. The number of nitrogens with zero attached hydrogens (tertiary/aromatic N) is 4. The normalized spacial score (nSPS) is 16.4. The van der Waals surface area contributed by atoms with E-state index in [9.17, 15) is 9.50 Å². The topological polar surface area (TPSA) is 87.2 Å². The van der Waals surface area contributed by atoms with Crippen LogP contribution in [0, 0.1) is 11.6 Å². The van der Waals surface area contributed by atoms with E-state index in [-0.39, 0.29) is 17.9 Å². The number of ether oxygens (including phenoxy) is 1. The van der Waals surface area contributed by atoms with Crippen LogP contribution >= 0.6 is 0 Å². The smallest absolute Gasteiger partial charge is 0.216 e. The molecule has 0 fully saturated rings. The maximum absolute atomic E-state index is 15.3. The minimum atomic E-state index is -1.18. The molecule has 9 heteroatoms. The lowest BCUT2D eigenvalue weighted by molar-refractivity contribution is -0.242. The molecule has 2 N–H and O–H groups in total. The number of nitrogens with one attached hydrogen (secondary N) is 1. The van der Waals surface area contributed by atoms with Gasteiger partial charge in [0, 0.05) is 18.7 Å². The second-order valence-corrected chi connectivity index (χ2v) is 7.82. The number of hydrogen-bond donors (Lipinski definition) is 2. The lowest BCUT2D eigenvalue weighted by Crippen LogP contribution is -2.44. The summed E-state index contributed by atoms with van der Waals surface area (Å²) in [6, 6.07) is 1.32. The predicted molar refractivity (Wildman–Crippen MR) is 98.0 cm³/mol. The number of hydrogen-bond acceptors (Lipinski definition) is 6. The van der Waals surface area contributed by atoms with Crippen LogP contribution in [-0.4, -0.2) is 48.7 Å². The summed E-state index contributed by atoms with van der Waals surface area (Å²) in [7, 11) is 0. The summed E-state index contributed by atoms with van der Waals surface area (Å²) in [6.45, 7) is 6.00. The molecule has 3 aromatic rings. The van der Waals surface area contributed by atoms with Gasteiger partial charge in [-0.15, -0.1) is 0 Å². The van der Waals surface area contributed by atoms with Gasteiger partial charge in [-0.3, -0.25) is 10.00 Å². The fourth-order valence-electron chi connectivity index (χ4n) is 3.30. The lowest BCUT2D eigenvalue weighted by atomic mass is 9.95. The second-order valence-electron chi connectivity index (χ2n) is 7.82. The maximum Gasteiger partial charge on any atom is 0.216 e. The third kappa shape index (κ3) is 3.48. The Morgan fingerprint density at radius 2 is 2.07 bits per heavy atom. The van der Waals surface area contributed by atoms with Gasteiger partial charge in [0.1, 0.15) is 22.7 Å². The summed E-state index contributed by atoms with van der Waals surface area (Å²) in [5.41, 5.74) is 1.10. The molecule has 0 aliphatic carbocycles. The zero-order chi connectivity index (χ0) is 20.1. The van der Waals surface area contributed by atoms with Crippen molar-refractivity contribution in [2.24, 2.45) is 0 Å². The lowest BCUT2D eigenvalue weighted by Gasteiger charge is -2.35. The Bertz CT molecular complexity index is 1030. The van der Waals surface area contributed by atoms with Gasteiger partial charge >= 0.3 is 0 Å². The molecule has 0 saturated carbocycles. The van der Waals surface area contributed by atoms with Crippen molar-refractivity contribution in [3.05, 3.63) is 41.2 Å².